The number of hydrogen-bond acceptors (Lipinski definition) is 3. The Balaban J connectivity index is 1.66. The maximum Gasteiger partial charge on any atom is 0.416 e. The molecule has 1 aliphatic rings. The highest BCUT2D eigenvalue weighted by Crippen LogP contribution is 2.40. The van der Waals surface area contributed by atoms with E-state index in [0.717, 1.165) is 53.8 Å². The third-order valence-electron chi connectivity index (χ3n) is 5.03. The number of fused-ring (bicyclic) bond motifs is 1. The lowest BCUT2D eigenvalue weighted by molar-refractivity contribution is -0.137. The lowest BCUT2D eigenvalue weighted by Gasteiger charge is -2.13. The quantitative estimate of drug-likeness (QED) is 0.406. The van der Waals surface area contributed by atoms with Gasteiger partial charge in [-0.15, -0.1) is 11.3 Å². The average Bonchev–Trinajstić information content (AvgIpc) is 3.11. The predicted molar refractivity (Wildman–Crippen MR) is 119 cm³/mol. The number of alkyl halides is 3. The van der Waals surface area contributed by atoms with Gasteiger partial charge in [0.2, 0.25) is 0 Å². The Morgan fingerprint density at radius 3 is 2.58 bits per heavy atom. The van der Waals surface area contributed by atoms with Crippen LogP contribution in [0.25, 0.3) is 0 Å². The molecule has 0 atom stereocenters. The van der Waals surface area contributed by atoms with Crippen molar-refractivity contribution in [3.63, 3.8) is 0 Å². The molecular formula is C23H18ClF3N2OS. The second-order valence-electron chi connectivity index (χ2n) is 7.23. The molecule has 8 heteroatoms. The van der Waals surface area contributed by atoms with Gasteiger partial charge in [0.25, 0.3) is 5.91 Å². The van der Waals surface area contributed by atoms with Gasteiger partial charge in [0.05, 0.1) is 11.1 Å². The van der Waals surface area contributed by atoms with E-state index >= 15 is 0 Å². The van der Waals surface area contributed by atoms with Crippen LogP contribution in [0.3, 0.4) is 0 Å². The number of nitrogens with one attached hydrogen (secondary N) is 1. The fourth-order valence-corrected chi connectivity index (χ4v) is 4.88. The lowest BCUT2D eigenvalue weighted by atomic mass is 9.95. The molecule has 3 aromatic rings. The average molecular weight is 463 g/mol. The number of benzene rings is 2. The van der Waals surface area contributed by atoms with Crippen LogP contribution in [-0.2, 0) is 19.0 Å². The number of aliphatic imine (C=N–C) groups is 1. The van der Waals surface area contributed by atoms with Crippen molar-refractivity contribution in [2.45, 2.75) is 31.9 Å². The van der Waals surface area contributed by atoms with Crippen LogP contribution in [0.2, 0.25) is 5.02 Å². The van der Waals surface area contributed by atoms with Gasteiger partial charge in [-0.05, 0) is 67.1 Å². The number of hydrogen-bond donors (Lipinski definition) is 1. The maximum atomic E-state index is 13.1. The number of halogens is 4. The van der Waals surface area contributed by atoms with Gasteiger partial charge in [0.1, 0.15) is 5.00 Å². The zero-order chi connectivity index (χ0) is 22.0. The number of rotatable bonds is 4. The van der Waals surface area contributed by atoms with Crippen LogP contribution in [0, 0.1) is 0 Å². The third kappa shape index (κ3) is 4.99. The number of carbonyl (C=O) groups excluding carboxylic acids is 1. The summed E-state index contributed by atoms with van der Waals surface area (Å²) in [4.78, 5) is 18.8. The number of thiophene rings is 1. The van der Waals surface area contributed by atoms with Crippen LogP contribution in [0.5, 0.6) is 0 Å². The lowest BCUT2D eigenvalue weighted by Crippen LogP contribution is -2.15. The van der Waals surface area contributed by atoms with Crippen molar-refractivity contribution in [3.05, 3.63) is 80.7 Å². The topological polar surface area (TPSA) is 41.5 Å². The summed E-state index contributed by atoms with van der Waals surface area (Å²) in [6.07, 6.45) is 0.829. The molecular weight excluding hydrogens is 445 g/mol. The van der Waals surface area contributed by atoms with Crippen molar-refractivity contribution in [2.24, 2.45) is 4.99 Å². The van der Waals surface area contributed by atoms with Gasteiger partial charge in [-0.3, -0.25) is 4.79 Å². The number of nitrogens with zero attached hydrogens (tertiary/aromatic N) is 1. The summed E-state index contributed by atoms with van der Waals surface area (Å²) >= 11 is 7.38. The summed E-state index contributed by atoms with van der Waals surface area (Å²) in [6.45, 7) is 0. The Hall–Kier alpha value is -2.64. The summed E-state index contributed by atoms with van der Waals surface area (Å²) in [5.74, 6) is -0.443. The predicted octanol–water partition coefficient (Wildman–Crippen LogP) is 7.30. The van der Waals surface area contributed by atoms with Gasteiger partial charge in [-0.2, -0.15) is 13.2 Å². The molecule has 1 amide bonds. The van der Waals surface area contributed by atoms with Crippen molar-refractivity contribution < 1.29 is 18.0 Å². The van der Waals surface area contributed by atoms with E-state index in [0.29, 0.717) is 15.6 Å². The fourth-order valence-electron chi connectivity index (χ4n) is 3.53. The largest absolute Gasteiger partial charge is 0.416 e. The van der Waals surface area contributed by atoms with E-state index < -0.39 is 17.6 Å². The summed E-state index contributed by atoms with van der Waals surface area (Å²) < 4.78 is 39.0. The molecule has 0 spiro atoms. The minimum Gasteiger partial charge on any atom is -0.322 e. The molecule has 1 heterocycles. The Kier molecular flexibility index (Phi) is 6.16. The molecule has 0 saturated carbocycles. The van der Waals surface area contributed by atoms with Crippen molar-refractivity contribution in [1.29, 1.82) is 0 Å². The second-order valence-corrected chi connectivity index (χ2v) is 8.75. The van der Waals surface area contributed by atoms with Crippen LogP contribution in [-0.4, -0.2) is 12.1 Å². The van der Waals surface area contributed by atoms with Crippen molar-refractivity contribution in [3.8, 4) is 0 Å². The molecule has 0 radical (unpaired) electrons. The molecule has 3 nitrogen and oxygen atoms in total. The van der Waals surface area contributed by atoms with E-state index in [1.165, 1.54) is 23.5 Å². The highest BCUT2D eigenvalue weighted by atomic mass is 35.5. The highest BCUT2D eigenvalue weighted by molar-refractivity contribution is 7.16. The molecule has 0 saturated heterocycles. The summed E-state index contributed by atoms with van der Waals surface area (Å²) in [5.41, 5.74) is 1.52. The summed E-state index contributed by atoms with van der Waals surface area (Å²) in [6, 6.07) is 11.8. The van der Waals surface area contributed by atoms with E-state index in [9.17, 15) is 18.0 Å². The first-order valence-corrected chi connectivity index (χ1v) is 10.9. The van der Waals surface area contributed by atoms with Gasteiger partial charge in [0.15, 0.2) is 0 Å². The fraction of sp³-hybridized carbons (Fsp3) is 0.217. The molecule has 0 fully saturated rings. The van der Waals surface area contributed by atoms with E-state index in [-0.39, 0.29) is 5.69 Å². The van der Waals surface area contributed by atoms with Crippen LogP contribution in [0.1, 0.15) is 44.8 Å². The minimum absolute atomic E-state index is 0.100. The summed E-state index contributed by atoms with van der Waals surface area (Å²) in [5, 5.41) is 3.81. The maximum absolute atomic E-state index is 13.1. The number of carbonyl (C=O) groups is 1. The van der Waals surface area contributed by atoms with Crippen LogP contribution in [0.4, 0.5) is 23.9 Å². The van der Waals surface area contributed by atoms with Gasteiger partial charge in [-0.1, -0.05) is 29.8 Å². The molecule has 2 aromatic carbocycles. The normalized spacial score (nSPS) is 13.9. The van der Waals surface area contributed by atoms with Gasteiger partial charge >= 0.3 is 6.18 Å². The van der Waals surface area contributed by atoms with Crippen molar-refractivity contribution in [2.75, 3.05) is 5.32 Å². The summed E-state index contributed by atoms with van der Waals surface area (Å²) in [7, 11) is 0. The SMILES string of the molecule is O=C(Nc1cccc(C(F)(F)F)c1)c1c(N=Cc2ccc(Cl)cc2)sc2c1CCCC2. The van der Waals surface area contributed by atoms with Gasteiger partial charge < -0.3 is 5.32 Å². The van der Waals surface area contributed by atoms with E-state index in [1.807, 2.05) is 12.1 Å². The van der Waals surface area contributed by atoms with Crippen molar-refractivity contribution >= 4 is 45.7 Å². The molecule has 1 aliphatic carbocycles. The molecule has 1 aromatic heterocycles. The molecule has 31 heavy (non-hydrogen) atoms. The second kappa shape index (κ2) is 8.85. The highest BCUT2D eigenvalue weighted by Gasteiger charge is 2.31. The number of anilines is 1. The molecule has 1 N–H and O–H groups in total. The monoisotopic (exact) mass is 462 g/mol. The number of aryl methyl sites for hydroxylation is 1. The number of amides is 1. The van der Waals surface area contributed by atoms with Gasteiger partial charge in [-0.25, -0.2) is 4.99 Å². The molecule has 4 rings (SSSR count). The third-order valence-corrected chi connectivity index (χ3v) is 6.48. The van der Waals surface area contributed by atoms with Crippen LogP contribution < -0.4 is 5.32 Å². The molecule has 0 aliphatic heterocycles. The first-order chi connectivity index (χ1) is 14.8. The first kappa shape index (κ1) is 21.6. The Morgan fingerprint density at radius 2 is 1.84 bits per heavy atom. The Morgan fingerprint density at radius 1 is 1.10 bits per heavy atom. The zero-order valence-corrected chi connectivity index (χ0v) is 17.9. The first-order valence-electron chi connectivity index (χ1n) is 9.74. The molecule has 0 bridgehead atoms. The van der Waals surface area contributed by atoms with Crippen molar-refractivity contribution in [1.82, 2.24) is 0 Å². The van der Waals surface area contributed by atoms with Crippen LogP contribution >= 0.6 is 22.9 Å². The van der Waals surface area contributed by atoms with E-state index in [1.54, 1.807) is 18.3 Å². The zero-order valence-electron chi connectivity index (χ0n) is 16.3. The van der Waals surface area contributed by atoms with Crippen LogP contribution in [0.15, 0.2) is 53.5 Å². The molecule has 0 unspecified atom stereocenters. The van der Waals surface area contributed by atoms with E-state index in [2.05, 4.69) is 10.3 Å². The Bertz CT molecular complexity index is 1140. The smallest absolute Gasteiger partial charge is 0.322 e. The van der Waals surface area contributed by atoms with Gasteiger partial charge in [0, 0.05) is 21.8 Å². The molecule has 160 valence electrons. The Labute approximate surface area is 186 Å². The minimum atomic E-state index is -4.48. The standard InChI is InChI=1S/C23H18ClF3N2OS/c24-16-10-8-14(9-11-16)13-28-22-20(18-6-1-2-7-19(18)31-22)21(30)29-17-5-3-4-15(12-17)23(25,26)27/h3-5,8-13H,1-2,6-7H2,(H,29,30). The van der Waals surface area contributed by atoms with E-state index in [4.69, 9.17) is 11.6 Å².